The molecule has 1 aromatic heterocycles. The lowest BCUT2D eigenvalue weighted by Gasteiger charge is -2.19. The van der Waals surface area contributed by atoms with Gasteiger partial charge in [-0.05, 0) is 54.7 Å². The molecule has 0 saturated carbocycles. The maximum Gasteiger partial charge on any atom is 0.326 e. The van der Waals surface area contributed by atoms with Crippen molar-refractivity contribution in [3.63, 3.8) is 0 Å². The smallest absolute Gasteiger partial charge is 0.326 e. The number of nitrogens with two attached hydrogens (primary N) is 1. The fraction of sp³-hybridized carbons (Fsp3) is 0.318. The van der Waals surface area contributed by atoms with E-state index in [0.717, 1.165) is 0 Å². The van der Waals surface area contributed by atoms with E-state index >= 15 is 0 Å². The van der Waals surface area contributed by atoms with Crippen molar-refractivity contribution in [1.82, 2.24) is 5.32 Å². The molecule has 1 aromatic carbocycles. The zero-order valence-electron chi connectivity index (χ0n) is 16.5. The number of ketones is 1. The van der Waals surface area contributed by atoms with Crippen LogP contribution in [0.3, 0.4) is 0 Å². The average molecular weight is 398 g/mol. The summed E-state index contributed by atoms with van der Waals surface area (Å²) in [6.07, 6.45) is 5.01. The van der Waals surface area contributed by atoms with Crippen LogP contribution in [0.5, 0.6) is 0 Å². The van der Waals surface area contributed by atoms with Crippen LogP contribution in [0.2, 0.25) is 0 Å². The van der Waals surface area contributed by atoms with Crippen molar-refractivity contribution in [2.24, 2.45) is 11.7 Å². The third-order valence-electron chi connectivity index (χ3n) is 4.27. The van der Waals surface area contributed by atoms with Crippen molar-refractivity contribution in [2.75, 3.05) is 0 Å². The number of carboxylic acid groups (broad SMARTS) is 1. The molecule has 2 aromatic rings. The minimum Gasteiger partial charge on any atom is -0.480 e. The Bertz CT molecular complexity index is 871. The van der Waals surface area contributed by atoms with Crippen molar-refractivity contribution in [3.05, 3.63) is 65.6 Å². The number of carbonyl (C=O) groups is 3. The molecule has 0 radical (unpaired) electrons. The molecule has 2 rings (SSSR count). The van der Waals surface area contributed by atoms with E-state index in [1.165, 1.54) is 12.3 Å². The fourth-order valence-corrected chi connectivity index (χ4v) is 2.81. The Kier molecular flexibility index (Phi) is 7.91. The van der Waals surface area contributed by atoms with Crippen molar-refractivity contribution in [2.45, 2.75) is 38.8 Å². The van der Waals surface area contributed by atoms with Gasteiger partial charge in [-0.2, -0.15) is 0 Å². The number of hydrogen-bond donors (Lipinski definition) is 3. The van der Waals surface area contributed by atoms with Crippen LogP contribution in [0.4, 0.5) is 0 Å². The van der Waals surface area contributed by atoms with Crippen LogP contribution in [0, 0.1) is 5.92 Å². The number of aliphatic carboxylic acids is 1. The minimum atomic E-state index is -1.09. The summed E-state index contributed by atoms with van der Waals surface area (Å²) in [5.41, 5.74) is 7.13. The fourth-order valence-electron chi connectivity index (χ4n) is 2.81. The standard InChI is InChI=1S/C22H26N2O5/c1-14(2)11-19(22(27)28)24-21(26)18(23)13-15-5-3-6-16(12-15)20(25)9-8-17-7-4-10-29-17/h3-10,12,14,18-19H,11,13,23H2,1-2H3,(H,24,26)(H,27,28). The molecule has 0 aliphatic carbocycles. The molecular weight excluding hydrogens is 372 g/mol. The molecule has 1 heterocycles. The Morgan fingerprint density at radius 2 is 1.97 bits per heavy atom. The Labute approximate surface area is 169 Å². The number of furan rings is 1. The van der Waals surface area contributed by atoms with Gasteiger partial charge in [-0.25, -0.2) is 4.79 Å². The predicted molar refractivity (Wildman–Crippen MR) is 109 cm³/mol. The first-order valence-electron chi connectivity index (χ1n) is 9.40. The van der Waals surface area contributed by atoms with Gasteiger partial charge in [0, 0.05) is 5.56 Å². The van der Waals surface area contributed by atoms with Crippen LogP contribution in [0.25, 0.3) is 6.08 Å². The maximum absolute atomic E-state index is 12.3. The third-order valence-corrected chi connectivity index (χ3v) is 4.27. The molecule has 1 amide bonds. The van der Waals surface area contributed by atoms with E-state index in [1.54, 1.807) is 42.5 Å². The van der Waals surface area contributed by atoms with Gasteiger partial charge in [0.1, 0.15) is 11.8 Å². The number of amides is 1. The molecule has 0 aliphatic heterocycles. The van der Waals surface area contributed by atoms with E-state index in [1.807, 2.05) is 13.8 Å². The second kappa shape index (κ2) is 10.4. The number of benzene rings is 1. The topological polar surface area (TPSA) is 123 Å². The van der Waals surface area contributed by atoms with Crippen molar-refractivity contribution >= 4 is 23.7 Å². The summed E-state index contributed by atoms with van der Waals surface area (Å²) >= 11 is 0. The second-order valence-electron chi connectivity index (χ2n) is 7.25. The molecule has 0 fully saturated rings. The SMILES string of the molecule is CC(C)CC(NC(=O)C(N)Cc1cccc(C(=O)C=Cc2ccco2)c1)C(=O)O. The van der Waals surface area contributed by atoms with Gasteiger partial charge in [0.2, 0.25) is 5.91 Å². The Morgan fingerprint density at radius 3 is 2.59 bits per heavy atom. The molecule has 2 unspecified atom stereocenters. The van der Waals surface area contributed by atoms with Crippen molar-refractivity contribution in [3.8, 4) is 0 Å². The van der Waals surface area contributed by atoms with Crippen LogP contribution in [0.15, 0.2) is 53.2 Å². The lowest BCUT2D eigenvalue weighted by atomic mass is 10.00. The van der Waals surface area contributed by atoms with Crippen LogP contribution in [-0.4, -0.2) is 34.8 Å². The highest BCUT2D eigenvalue weighted by Gasteiger charge is 2.24. The average Bonchev–Trinajstić information content (AvgIpc) is 3.18. The Morgan fingerprint density at radius 1 is 1.21 bits per heavy atom. The number of rotatable bonds is 10. The Hall–Kier alpha value is -3.19. The molecule has 154 valence electrons. The lowest BCUT2D eigenvalue weighted by molar-refractivity contribution is -0.142. The summed E-state index contributed by atoms with van der Waals surface area (Å²) in [6.45, 7) is 3.76. The second-order valence-corrected chi connectivity index (χ2v) is 7.25. The normalized spacial score (nSPS) is 13.4. The lowest BCUT2D eigenvalue weighted by Crippen LogP contribution is -2.49. The first-order valence-corrected chi connectivity index (χ1v) is 9.40. The summed E-state index contributed by atoms with van der Waals surface area (Å²) in [5.74, 6) is -1.14. The van der Waals surface area contributed by atoms with Crippen LogP contribution < -0.4 is 11.1 Å². The maximum atomic E-state index is 12.3. The quantitative estimate of drug-likeness (QED) is 0.418. The molecule has 0 spiro atoms. The highest BCUT2D eigenvalue weighted by molar-refractivity contribution is 6.06. The van der Waals surface area contributed by atoms with Gasteiger partial charge in [-0.1, -0.05) is 32.0 Å². The number of allylic oxidation sites excluding steroid dienone is 1. The summed E-state index contributed by atoms with van der Waals surface area (Å²) in [7, 11) is 0. The third kappa shape index (κ3) is 7.04. The van der Waals surface area contributed by atoms with Gasteiger partial charge in [0.25, 0.3) is 0 Å². The molecule has 7 nitrogen and oxygen atoms in total. The van der Waals surface area contributed by atoms with Crippen molar-refractivity contribution in [1.29, 1.82) is 0 Å². The van der Waals surface area contributed by atoms with E-state index in [-0.39, 0.29) is 18.1 Å². The van der Waals surface area contributed by atoms with E-state index < -0.39 is 24.0 Å². The van der Waals surface area contributed by atoms with Gasteiger partial charge in [-0.3, -0.25) is 9.59 Å². The zero-order valence-corrected chi connectivity index (χ0v) is 16.5. The zero-order chi connectivity index (χ0) is 21.4. The minimum absolute atomic E-state index is 0.115. The largest absolute Gasteiger partial charge is 0.480 e. The van der Waals surface area contributed by atoms with Gasteiger partial charge in [0.15, 0.2) is 5.78 Å². The van der Waals surface area contributed by atoms with Gasteiger partial charge in [0.05, 0.1) is 12.3 Å². The predicted octanol–water partition coefficient (Wildman–Crippen LogP) is 2.66. The molecule has 7 heteroatoms. The van der Waals surface area contributed by atoms with Crippen LogP contribution in [0.1, 0.15) is 41.9 Å². The van der Waals surface area contributed by atoms with E-state index in [4.69, 9.17) is 10.2 Å². The van der Waals surface area contributed by atoms with Gasteiger partial charge >= 0.3 is 5.97 Å². The first kappa shape index (κ1) is 22.1. The number of nitrogens with one attached hydrogen (secondary N) is 1. The van der Waals surface area contributed by atoms with E-state index in [2.05, 4.69) is 5.32 Å². The molecule has 0 bridgehead atoms. The number of carboxylic acids is 1. The number of hydrogen-bond acceptors (Lipinski definition) is 5. The molecule has 29 heavy (non-hydrogen) atoms. The van der Waals surface area contributed by atoms with Gasteiger partial charge in [-0.15, -0.1) is 0 Å². The molecule has 0 saturated heterocycles. The molecular formula is C22H26N2O5. The summed E-state index contributed by atoms with van der Waals surface area (Å²) in [4.78, 5) is 36.0. The molecule has 0 aliphatic rings. The highest BCUT2D eigenvalue weighted by Crippen LogP contribution is 2.11. The summed E-state index contributed by atoms with van der Waals surface area (Å²) in [6, 6.07) is 8.39. The summed E-state index contributed by atoms with van der Waals surface area (Å²) < 4.78 is 5.15. The highest BCUT2D eigenvalue weighted by atomic mass is 16.4. The molecule has 4 N–H and O–H groups in total. The number of carbonyl (C=O) groups excluding carboxylic acids is 2. The first-order chi connectivity index (χ1) is 13.8. The summed E-state index contributed by atoms with van der Waals surface area (Å²) in [5, 5.41) is 11.7. The van der Waals surface area contributed by atoms with Crippen LogP contribution in [-0.2, 0) is 16.0 Å². The van der Waals surface area contributed by atoms with E-state index in [0.29, 0.717) is 23.3 Å². The van der Waals surface area contributed by atoms with Crippen molar-refractivity contribution < 1.29 is 23.9 Å². The Balaban J connectivity index is 2.00. The molecule has 2 atom stereocenters. The van der Waals surface area contributed by atoms with Gasteiger partial charge < -0.3 is 20.6 Å². The monoisotopic (exact) mass is 398 g/mol. The van der Waals surface area contributed by atoms with Crippen LogP contribution >= 0.6 is 0 Å². The van der Waals surface area contributed by atoms with E-state index in [9.17, 15) is 19.5 Å².